The van der Waals surface area contributed by atoms with E-state index in [1.165, 1.54) is 0 Å². The standard InChI is InChI=1S/C17H25N3O3/c1-10-2-4-11(5-3-10)17(22)20-8-13-14(9-20)23-19-15(13)16(21)18-12-6-7-12/h10-14H,2-9H2,1H3,(H,18,21)/t10?,11?,13-,14+/m0/s1. The zero-order valence-corrected chi connectivity index (χ0v) is 13.7. The fraction of sp³-hybridized carbons (Fsp3) is 0.824. The molecular formula is C17H25N3O3. The van der Waals surface area contributed by atoms with Crippen molar-refractivity contribution in [3.8, 4) is 0 Å². The Labute approximate surface area is 136 Å². The maximum Gasteiger partial charge on any atom is 0.269 e. The van der Waals surface area contributed by atoms with Crippen molar-refractivity contribution >= 4 is 17.5 Å². The summed E-state index contributed by atoms with van der Waals surface area (Å²) in [5, 5.41) is 6.95. The Morgan fingerprint density at radius 3 is 2.57 bits per heavy atom. The van der Waals surface area contributed by atoms with Crippen LogP contribution in [0.4, 0.5) is 0 Å². The van der Waals surface area contributed by atoms with Gasteiger partial charge < -0.3 is 15.1 Å². The van der Waals surface area contributed by atoms with Crippen LogP contribution < -0.4 is 5.32 Å². The molecule has 0 aromatic carbocycles. The fourth-order valence-corrected chi connectivity index (χ4v) is 3.98. The summed E-state index contributed by atoms with van der Waals surface area (Å²) in [6, 6.07) is 0.313. The van der Waals surface area contributed by atoms with Gasteiger partial charge in [0.25, 0.3) is 5.91 Å². The fourth-order valence-electron chi connectivity index (χ4n) is 3.98. The summed E-state index contributed by atoms with van der Waals surface area (Å²) in [6.45, 7) is 3.40. The van der Waals surface area contributed by atoms with Gasteiger partial charge in [0, 0.05) is 18.5 Å². The number of hydrogen-bond donors (Lipinski definition) is 1. The minimum absolute atomic E-state index is 0.0554. The highest BCUT2D eigenvalue weighted by Crippen LogP contribution is 2.33. The number of carbonyl (C=O) groups is 2. The molecule has 126 valence electrons. The number of hydrogen-bond acceptors (Lipinski definition) is 4. The zero-order valence-electron chi connectivity index (χ0n) is 13.7. The van der Waals surface area contributed by atoms with Crippen LogP contribution in [0.15, 0.2) is 5.16 Å². The molecule has 1 N–H and O–H groups in total. The third-order valence-corrected chi connectivity index (χ3v) is 5.73. The van der Waals surface area contributed by atoms with E-state index in [2.05, 4.69) is 17.4 Å². The number of nitrogens with one attached hydrogen (secondary N) is 1. The molecule has 0 unspecified atom stereocenters. The Morgan fingerprint density at radius 1 is 1.13 bits per heavy atom. The molecule has 0 spiro atoms. The number of amides is 2. The molecule has 23 heavy (non-hydrogen) atoms. The summed E-state index contributed by atoms with van der Waals surface area (Å²) in [6.07, 6.45) is 6.25. The highest BCUT2D eigenvalue weighted by molar-refractivity contribution is 6.40. The third-order valence-electron chi connectivity index (χ3n) is 5.73. The zero-order chi connectivity index (χ0) is 16.0. The van der Waals surface area contributed by atoms with Gasteiger partial charge in [-0.15, -0.1) is 0 Å². The summed E-state index contributed by atoms with van der Waals surface area (Å²) in [5.74, 6) is 0.980. The van der Waals surface area contributed by atoms with Crippen LogP contribution in [-0.4, -0.2) is 47.7 Å². The maximum atomic E-state index is 12.7. The van der Waals surface area contributed by atoms with Crippen LogP contribution >= 0.6 is 0 Å². The van der Waals surface area contributed by atoms with Crippen LogP contribution in [0.3, 0.4) is 0 Å². The molecule has 1 saturated heterocycles. The average molecular weight is 319 g/mol. The maximum absolute atomic E-state index is 12.7. The van der Waals surface area contributed by atoms with E-state index >= 15 is 0 Å². The predicted octanol–water partition coefficient (Wildman–Crippen LogP) is 1.30. The summed E-state index contributed by atoms with van der Waals surface area (Å²) in [7, 11) is 0. The molecule has 0 aromatic heterocycles. The van der Waals surface area contributed by atoms with Crippen LogP contribution in [0.2, 0.25) is 0 Å². The van der Waals surface area contributed by atoms with Crippen LogP contribution in [-0.2, 0) is 14.4 Å². The van der Waals surface area contributed by atoms with Crippen LogP contribution in [0, 0.1) is 17.8 Å². The SMILES string of the molecule is CC1CCC(C(=O)N2C[C@@H]3C(C(=O)NC4CC4)=NO[C@@H]3C2)CC1. The van der Waals surface area contributed by atoms with Gasteiger partial charge in [0.1, 0.15) is 0 Å². The van der Waals surface area contributed by atoms with Gasteiger partial charge in [-0.25, -0.2) is 0 Å². The quantitative estimate of drug-likeness (QED) is 0.852. The Kier molecular flexibility index (Phi) is 3.77. The van der Waals surface area contributed by atoms with E-state index in [9.17, 15) is 9.59 Å². The first-order chi connectivity index (χ1) is 11.1. The molecule has 2 saturated carbocycles. The van der Waals surface area contributed by atoms with Crippen molar-refractivity contribution in [2.24, 2.45) is 22.9 Å². The van der Waals surface area contributed by atoms with Crippen LogP contribution in [0.5, 0.6) is 0 Å². The lowest BCUT2D eigenvalue weighted by molar-refractivity contribution is -0.136. The molecule has 0 radical (unpaired) electrons. The molecule has 2 aliphatic carbocycles. The summed E-state index contributed by atoms with van der Waals surface area (Å²) < 4.78 is 0. The Balaban J connectivity index is 1.36. The molecule has 4 rings (SSSR count). The van der Waals surface area contributed by atoms with Crippen molar-refractivity contribution in [3.05, 3.63) is 0 Å². The van der Waals surface area contributed by atoms with Gasteiger partial charge >= 0.3 is 0 Å². The molecule has 2 aliphatic heterocycles. The topological polar surface area (TPSA) is 71.0 Å². The van der Waals surface area contributed by atoms with Gasteiger partial charge in [0.2, 0.25) is 5.91 Å². The number of likely N-dealkylation sites (tertiary alicyclic amines) is 1. The van der Waals surface area contributed by atoms with E-state index in [1.54, 1.807) is 0 Å². The molecule has 2 atom stereocenters. The van der Waals surface area contributed by atoms with E-state index in [0.29, 0.717) is 24.8 Å². The van der Waals surface area contributed by atoms with Crippen molar-refractivity contribution < 1.29 is 14.4 Å². The lowest BCUT2D eigenvalue weighted by Crippen LogP contribution is -2.39. The van der Waals surface area contributed by atoms with Gasteiger partial charge in [-0.05, 0) is 44.4 Å². The van der Waals surface area contributed by atoms with E-state index in [4.69, 9.17) is 4.84 Å². The molecule has 2 heterocycles. The number of oxime groups is 1. The Bertz CT molecular complexity index is 535. The molecule has 3 fully saturated rings. The predicted molar refractivity (Wildman–Crippen MR) is 84.7 cm³/mol. The first-order valence-corrected chi connectivity index (χ1v) is 8.95. The van der Waals surface area contributed by atoms with E-state index < -0.39 is 0 Å². The van der Waals surface area contributed by atoms with Gasteiger partial charge in [-0.1, -0.05) is 12.1 Å². The molecule has 6 heteroatoms. The van der Waals surface area contributed by atoms with Gasteiger partial charge in [0.05, 0.1) is 12.5 Å². The van der Waals surface area contributed by atoms with E-state index in [0.717, 1.165) is 44.4 Å². The molecule has 2 amide bonds. The van der Waals surface area contributed by atoms with Gasteiger partial charge in [0.15, 0.2) is 11.8 Å². The normalized spacial score (nSPS) is 36.2. The highest BCUT2D eigenvalue weighted by atomic mass is 16.6. The molecule has 0 bridgehead atoms. The van der Waals surface area contributed by atoms with Crippen molar-refractivity contribution in [1.29, 1.82) is 0 Å². The Hall–Kier alpha value is -1.59. The summed E-state index contributed by atoms with van der Waals surface area (Å²) in [4.78, 5) is 32.3. The van der Waals surface area contributed by atoms with Crippen molar-refractivity contribution in [1.82, 2.24) is 10.2 Å². The number of carbonyl (C=O) groups excluding carboxylic acids is 2. The molecule has 6 nitrogen and oxygen atoms in total. The largest absolute Gasteiger partial charge is 0.389 e. The van der Waals surface area contributed by atoms with Crippen molar-refractivity contribution in [2.75, 3.05) is 13.1 Å². The van der Waals surface area contributed by atoms with Gasteiger partial charge in [-0.2, -0.15) is 0 Å². The first kappa shape index (κ1) is 15.0. The average Bonchev–Trinajstić information content (AvgIpc) is 3.10. The lowest BCUT2D eigenvalue weighted by atomic mass is 9.82. The number of rotatable bonds is 3. The second-order valence-electron chi connectivity index (χ2n) is 7.67. The van der Waals surface area contributed by atoms with Crippen LogP contribution in [0.1, 0.15) is 45.4 Å². The Morgan fingerprint density at radius 2 is 1.87 bits per heavy atom. The summed E-state index contributed by atoms with van der Waals surface area (Å²) >= 11 is 0. The number of fused-ring (bicyclic) bond motifs is 1. The monoisotopic (exact) mass is 319 g/mol. The van der Waals surface area contributed by atoms with Crippen LogP contribution in [0.25, 0.3) is 0 Å². The van der Waals surface area contributed by atoms with Gasteiger partial charge in [-0.3, -0.25) is 9.59 Å². The molecule has 4 aliphatic rings. The molecule has 0 aromatic rings. The first-order valence-electron chi connectivity index (χ1n) is 8.95. The minimum atomic E-state index is -0.138. The van der Waals surface area contributed by atoms with E-state index in [-0.39, 0.29) is 29.8 Å². The molecular weight excluding hydrogens is 294 g/mol. The highest BCUT2D eigenvalue weighted by Gasteiger charge is 2.47. The van der Waals surface area contributed by atoms with E-state index in [1.807, 2.05) is 4.90 Å². The lowest BCUT2D eigenvalue weighted by Gasteiger charge is -2.29. The second kappa shape index (κ2) is 5.80. The van der Waals surface area contributed by atoms with Crippen molar-refractivity contribution in [3.63, 3.8) is 0 Å². The second-order valence-corrected chi connectivity index (χ2v) is 7.67. The minimum Gasteiger partial charge on any atom is -0.389 e. The number of nitrogens with zero attached hydrogens (tertiary/aromatic N) is 2. The third kappa shape index (κ3) is 2.95. The smallest absolute Gasteiger partial charge is 0.269 e. The summed E-state index contributed by atoms with van der Waals surface area (Å²) in [5.41, 5.74) is 0.481. The van der Waals surface area contributed by atoms with Crippen molar-refractivity contribution in [2.45, 2.75) is 57.6 Å².